The summed E-state index contributed by atoms with van der Waals surface area (Å²) in [6, 6.07) is 5.76. The third kappa shape index (κ3) is 5.47. The highest BCUT2D eigenvalue weighted by atomic mass is 19.4. The third-order valence-electron chi connectivity index (χ3n) is 3.69. The Morgan fingerprint density at radius 3 is 2.87 bits per heavy atom. The first-order chi connectivity index (χ1) is 10.9. The summed E-state index contributed by atoms with van der Waals surface area (Å²) in [6.07, 6.45) is -4.69. The molecule has 0 fully saturated rings. The van der Waals surface area contributed by atoms with Crippen LogP contribution in [0.3, 0.4) is 0 Å². The number of benzene rings is 1. The molecule has 23 heavy (non-hydrogen) atoms. The lowest BCUT2D eigenvalue weighted by molar-refractivity contribution is -0.274. The molecule has 1 aliphatic rings. The first-order valence-corrected chi connectivity index (χ1v) is 7.44. The fraction of sp³-hybridized carbons (Fsp3) is 0.600. The molecule has 0 spiro atoms. The number of nitrogens with one attached hydrogen (secondary N) is 1. The van der Waals surface area contributed by atoms with E-state index in [1.54, 1.807) is 12.1 Å². The molecule has 0 aromatic heterocycles. The molecule has 0 radical (unpaired) electrons. The van der Waals surface area contributed by atoms with Gasteiger partial charge in [0.2, 0.25) is 0 Å². The molecule has 0 bridgehead atoms. The molecule has 5 nitrogen and oxygen atoms in total. The van der Waals surface area contributed by atoms with Gasteiger partial charge in [-0.25, -0.2) is 0 Å². The largest absolute Gasteiger partial charge is 0.573 e. The van der Waals surface area contributed by atoms with Gasteiger partial charge in [-0.1, -0.05) is 12.1 Å². The van der Waals surface area contributed by atoms with Gasteiger partial charge in [-0.15, -0.1) is 13.2 Å². The minimum absolute atomic E-state index is 0.151. The highest BCUT2D eigenvalue weighted by Gasteiger charge is 2.32. The maximum atomic E-state index is 12.3. The first kappa shape index (κ1) is 17.7. The van der Waals surface area contributed by atoms with Crippen molar-refractivity contribution in [2.45, 2.75) is 12.4 Å². The number of nitrogens with zero attached hydrogens (tertiary/aromatic N) is 3. The summed E-state index contributed by atoms with van der Waals surface area (Å²) in [5.74, 6) is -0.0719. The highest BCUT2D eigenvalue weighted by molar-refractivity contribution is 5.31. The Balaban J connectivity index is 2.04. The van der Waals surface area contributed by atoms with Crippen molar-refractivity contribution in [3.63, 3.8) is 0 Å². The highest BCUT2D eigenvalue weighted by Crippen LogP contribution is 2.34. The van der Waals surface area contributed by atoms with E-state index in [1.165, 1.54) is 12.1 Å². The molecule has 1 aliphatic heterocycles. The van der Waals surface area contributed by atoms with Gasteiger partial charge >= 0.3 is 6.36 Å². The van der Waals surface area contributed by atoms with Crippen molar-refractivity contribution in [3.05, 3.63) is 29.8 Å². The zero-order valence-electron chi connectivity index (χ0n) is 13.2. The minimum Gasteiger partial charge on any atom is -0.406 e. The van der Waals surface area contributed by atoms with Crippen molar-refractivity contribution in [2.75, 3.05) is 40.3 Å². The minimum atomic E-state index is -4.69. The molecular weight excluding hydrogens is 309 g/mol. The molecule has 1 aromatic carbocycles. The summed E-state index contributed by atoms with van der Waals surface area (Å²) in [5, 5.41) is 11.4. The number of halogens is 3. The van der Waals surface area contributed by atoms with E-state index in [0.29, 0.717) is 12.1 Å². The summed E-state index contributed by atoms with van der Waals surface area (Å²) in [5.41, 5.74) is 0.694. The number of likely N-dealkylation sites (N-methyl/N-ethyl adjacent to an activating group) is 2. The number of hydrogen-bond acceptors (Lipinski definition) is 5. The average Bonchev–Trinajstić information content (AvgIpc) is 2.91. The van der Waals surface area contributed by atoms with Crippen LogP contribution in [0.4, 0.5) is 13.2 Å². The van der Waals surface area contributed by atoms with Crippen molar-refractivity contribution >= 4 is 0 Å². The zero-order chi connectivity index (χ0) is 16.9. The normalized spacial score (nSPS) is 21.1. The van der Waals surface area contributed by atoms with Crippen molar-refractivity contribution < 1.29 is 17.9 Å². The Labute approximate surface area is 133 Å². The number of alkyl halides is 3. The summed E-state index contributed by atoms with van der Waals surface area (Å²) in [6.45, 7) is 3.12. The van der Waals surface area contributed by atoms with Gasteiger partial charge in [0.15, 0.2) is 0 Å². The standard InChI is InChI=1S/C15H21F3N4O/c1-19-6-7-22(2)10-12-9-20-21-14(12)11-4-3-5-13(8-11)23-15(16,17)18/h3-5,8,12,14,19H,6-7,9-10H2,1-2H3. The lowest BCUT2D eigenvalue weighted by Crippen LogP contribution is -2.33. The van der Waals surface area contributed by atoms with E-state index in [-0.39, 0.29) is 17.7 Å². The number of ether oxygens (including phenoxy) is 1. The summed E-state index contributed by atoms with van der Waals surface area (Å²) >= 11 is 0. The Kier molecular flexibility index (Phi) is 5.95. The molecule has 1 aromatic rings. The Morgan fingerprint density at radius 1 is 1.39 bits per heavy atom. The van der Waals surface area contributed by atoms with E-state index in [2.05, 4.69) is 25.2 Å². The Morgan fingerprint density at radius 2 is 2.17 bits per heavy atom. The Bertz CT molecular complexity index is 536. The van der Waals surface area contributed by atoms with Crippen LogP contribution in [0.1, 0.15) is 11.6 Å². The second-order valence-electron chi connectivity index (χ2n) is 5.63. The predicted molar refractivity (Wildman–Crippen MR) is 80.5 cm³/mol. The second kappa shape index (κ2) is 7.74. The van der Waals surface area contributed by atoms with Crippen molar-refractivity contribution in [3.8, 4) is 5.75 Å². The summed E-state index contributed by atoms with van der Waals surface area (Å²) in [7, 11) is 3.90. The predicted octanol–water partition coefficient (Wildman–Crippen LogP) is 2.86. The van der Waals surface area contributed by atoms with Gasteiger partial charge < -0.3 is 15.0 Å². The molecule has 2 rings (SSSR count). The van der Waals surface area contributed by atoms with Crippen LogP contribution in [-0.2, 0) is 0 Å². The number of rotatable bonds is 7. The van der Waals surface area contributed by atoms with Gasteiger partial charge in [0.1, 0.15) is 11.8 Å². The maximum Gasteiger partial charge on any atom is 0.573 e. The molecule has 128 valence electrons. The molecule has 0 saturated heterocycles. The van der Waals surface area contributed by atoms with Crippen LogP contribution < -0.4 is 10.1 Å². The average molecular weight is 330 g/mol. The smallest absolute Gasteiger partial charge is 0.406 e. The molecule has 0 amide bonds. The first-order valence-electron chi connectivity index (χ1n) is 7.44. The Hall–Kier alpha value is -1.67. The SMILES string of the molecule is CNCCN(C)CC1CN=NC1c1cccc(OC(F)(F)F)c1. The van der Waals surface area contributed by atoms with Gasteiger partial charge in [0.25, 0.3) is 0 Å². The maximum absolute atomic E-state index is 12.3. The van der Waals surface area contributed by atoms with E-state index in [0.717, 1.165) is 19.6 Å². The lowest BCUT2D eigenvalue weighted by atomic mass is 9.94. The molecule has 2 unspecified atom stereocenters. The van der Waals surface area contributed by atoms with Crippen LogP contribution in [-0.4, -0.2) is 51.5 Å². The van der Waals surface area contributed by atoms with Gasteiger partial charge in [-0.2, -0.15) is 10.2 Å². The van der Waals surface area contributed by atoms with Crippen LogP contribution in [0.5, 0.6) is 5.75 Å². The topological polar surface area (TPSA) is 49.2 Å². The van der Waals surface area contributed by atoms with Crippen molar-refractivity contribution in [2.24, 2.45) is 16.1 Å². The number of hydrogen-bond donors (Lipinski definition) is 1. The van der Waals surface area contributed by atoms with Crippen molar-refractivity contribution in [1.29, 1.82) is 0 Å². The van der Waals surface area contributed by atoms with E-state index in [4.69, 9.17) is 0 Å². The van der Waals surface area contributed by atoms with Crippen LogP contribution >= 0.6 is 0 Å². The van der Waals surface area contributed by atoms with Gasteiger partial charge in [-0.05, 0) is 31.8 Å². The van der Waals surface area contributed by atoms with Crippen LogP contribution in [0.15, 0.2) is 34.5 Å². The van der Waals surface area contributed by atoms with E-state index < -0.39 is 6.36 Å². The second-order valence-corrected chi connectivity index (χ2v) is 5.63. The lowest BCUT2D eigenvalue weighted by Gasteiger charge is -2.24. The molecule has 0 aliphatic carbocycles. The van der Waals surface area contributed by atoms with Gasteiger partial charge in [0.05, 0.1) is 6.54 Å². The molecule has 2 atom stereocenters. The van der Waals surface area contributed by atoms with Crippen molar-refractivity contribution in [1.82, 2.24) is 10.2 Å². The van der Waals surface area contributed by atoms with E-state index in [9.17, 15) is 13.2 Å². The van der Waals surface area contributed by atoms with Gasteiger partial charge in [-0.3, -0.25) is 0 Å². The number of azo groups is 1. The summed E-state index contributed by atoms with van der Waals surface area (Å²) in [4.78, 5) is 2.17. The van der Waals surface area contributed by atoms with E-state index in [1.807, 2.05) is 14.1 Å². The van der Waals surface area contributed by atoms with Crippen LogP contribution in [0.25, 0.3) is 0 Å². The molecule has 0 saturated carbocycles. The molecule has 1 N–H and O–H groups in total. The molecular formula is C15H21F3N4O. The van der Waals surface area contributed by atoms with Crippen LogP contribution in [0, 0.1) is 5.92 Å². The summed E-state index contributed by atoms with van der Waals surface area (Å²) < 4.78 is 41.0. The van der Waals surface area contributed by atoms with Crippen LogP contribution in [0.2, 0.25) is 0 Å². The fourth-order valence-electron chi connectivity index (χ4n) is 2.62. The monoisotopic (exact) mass is 330 g/mol. The fourth-order valence-corrected chi connectivity index (χ4v) is 2.62. The zero-order valence-corrected chi connectivity index (χ0v) is 13.2. The van der Waals surface area contributed by atoms with E-state index >= 15 is 0 Å². The molecule has 1 heterocycles. The van der Waals surface area contributed by atoms with Gasteiger partial charge in [0, 0.05) is 25.6 Å². The molecule has 8 heteroatoms. The quantitative estimate of drug-likeness (QED) is 0.836. The third-order valence-corrected chi connectivity index (χ3v) is 3.69.